The second-order valence-electron chi connectivity index (χ2n) is 5.72. The lowest BCUT2D eigenvalue weighted by atomic mass is 10.0. The fourth-order valence-corrected chi connectivity index (χ4v) is 2.58. The molecule has 0 bridgehead atoms. The van der Waals surface area contributed by atoms with Crippen LogP contribution >= 0.6 is 0 Å². The van der Waals surface area contributed by atoms with Crippen LogP contribution in [0.25, 0.3) is 22.2 Å². The number of rotatable bonds is 4. The zero-order chi connectivity index (χ0) is 16.6. The molecule has 2 aromatic carbocycles. The van der Waals surface area contributed by atoms with Gasteiger partial charge < -0.3 is 10.3 Å². The number of imidazole rings is 1. The molecular formula is C18H17N3O2. The first-order valence-electron chi connectivity index (χ1n) is 7.38. The molecule has 2 N–H and O–H groups in total. The molecular weight excluding hydrogens is 290 g/mol. The normalized spacial score (nSPS) is 11.1. The summed E-state index contributed by atoms with van der Waals surface area (Å²) in [6.45, 7) is 4.23. The molecule has 0 unspecified atom stereocenters. The van der Waals surface area contributed by atoms with Gasteiger partial charge in [-0.1, -0.05) is 30.3 Å². The van der Waals surface area contributed by atoms with Crippen molar-refractivity contribution in [3.8, 4) is 11.1 Å². The Hall–Kier alpha value is -2.95. The Morgan fingerprint density at radius 1 is 1.04 bits per heavy atom. The van der Waals surface area contributed by atoms with Crippen LogP contribution in [0.15, 0.2) is 48.8 Å². The first kappa shape index (κ1) is 15.0. The Labute approximate surface area is 133 Å². The zero-order valence-corrected chi connectivity index (χ0v) is 13.0. The van der Waals surface area contributed by atoms with Crippen molar-refractivity contribution in [3.05, 3.63) is 54.4 Å². The summed E-state index contributed by atoms with van der Waals surface area (Å²) < 4.78 is 2.12. The maximum absolute atomic E-state index is 11.5. The molecule has 1 aromatic heterocycles. The van der Waals surface area contributed by atoms with E-state index in [4.69, 9.17) is 5.73 Å². The van der Waals surface area contributed by atoms with Gasteiger partial charge in [-0.25, -0.2) is 4.98 Å². The molecule has 23 heavy (non-hydrogen) atoms. The highest BCUT2D eigenvalue weighted by molar-refractivity contribution is 6.42. The van der Waals surface area contributed by atoms with Crippen LogP contribution < -0.4 is 5.73 Å². The van der Waals surface area contributed by atoms with Gasteiger partial charge in [-0.05, 0) is 37.1 Å². The van der Waals surface area contributed by atoms with Crippen LogP contribution in [-0.2, 0) is 4.79 Å². The summed E-state index contributed by atoms with van der Waals surface area (Å²) in [5.74, 6) is -1.62. The van der Waals surface area contributed by atoms with Gasteiger partial charge in [0.15, 0.2) is 0 Å². The molecule has 0 spiro atoms. The monoisotopic (exact) mass is 307 g/mol. The lowest BCUT2D eigenvalue weighted by molar-refractivity contribution is -0.114. The number of fused-ring (bicyclic) bond motifs is 1. The van der Waals surface area contributed by atoms with Crippen LogP contribution in [0.4, 0.5) is 0 Å². The van der Waals surface area contributed by atoms with E-state index in [1.165, 1.54) is 0 Å². The van der Waals surface area contributed by atoms with Gasteiger partial charge in [-0.2, -0.15) is 0 Å². The van der Waals surface area contributed by atoms with Crippen molar-refractivity contribution in [2.75, 3.05) is 0 Å². The number of benzene rings is 2. The van der Waals surface area contributed by atoms with E-state index in [2.05, 4.69) is 23.4 Å². The van der Waals surface area contributed by atoms with Crippen LogP contribution in [0.1, 0.15) is 30.2 Å². The number of hydrogen-bond acceptors (Lipinski definition) is 3. The van der Waals surface area contributed by atoms with E-state index in [1.807, 2.05) is 24.5 Å². The summed E-state index contributed by atoms with van der Waals surface area (Å²) in [7, 11) is 0. The molecule has 3 rings (SSSR count). The van der Waals surface area contributed by atoms with Crippen molar-refractivity contribution in [2.24, 2.45) is 5.73 Å². The summed E-state index contributed by atoms with van der Waals surface area (Å²) in [4.78, 5) is 26.9. The molecule has 1 amide bonds. The average molecular weight is 307 g/mol. The predicted molar refractivity (Wildman–Crippen MR) is 89.1 cm³/mol. The van der Waals surface area contributed by atoms with E-state index in [-0.39, 0.29) is 0 Å². The molecule has 0 saturated carbocycles. The molecule has 5 heteroatoms. The Balaban J connectivity index is 1.97. The highest BCUT2D eigenvalue weighted by Crippen LogP contribution is 2.25. The molecule has 0 aliphatic heterocycles. The minimum Gasteiger partial charge on any atom is -0.363 e. The third-order valence-corrected chi connectivity index (χ3v) is 3.84. The number of nitrogens with zero attached hydrogens (tertiary/aromatic N) is 2. The third-order valence-electron chi connectivity index (χ3n) is 3.84. The van der Waals surface area contributed by atoms with Crippen LogP contribution in [0.2, 0.25) is 0 Å². The molecule has 0 fully saturated rings. The molecule has 3 aromatic rings. The zero-order valence-electron chi connectivity index (χ0n) is 13.0. The van der Waals surface area contributed by atoms with Crippen molar-refractivity contribution in [3.63, 3.8) is 0 Å². The van der Waals surface area contributed by atoms with Crippen LogP contribution in [0.5, 0.6) is 0 Å². The van der Waals surface area contributed by atoms with Crippen LogP contribution in [0.3, 0.4) is 0 Å². The Morgan fingerprint density at radius 3 is 2.30 bits per heavy atom. The van der Waals surface area contributed by atoms with Crippen molar-refractivity contribution < 1.29 is 9.59 Å². The number of carbonyl (C=O) groups is 2. The van der Waals surface area contributed by atoms with Gasteiger partial charge in [0.2, 0.25) is 5.78 Å². The number of ketones is 1. The van der Waals surface area contributed by atoms with Crippen LogP contribution in [0, 0.1) is 0 Å². The van der Waals surface area contributed by atoms with Crippen molar-refractivity contribution in [2.45, 2.75) is 19.9 Å². The van der Waals surface area contributed by atoms with Crippen LogP contribution in [-0.4, -0.2) is 21.2 Å². The maximum Gasteiger partial charge on any atom is 0.289 e. The van der Waals surface area contributed by atoms with E-state index in [0.29, 0.717) is 11.6 Å². The molecule has 0 atom stereocenters. The number of nitrogens with two attached hydrogens (primary N) is 1. The van der Waals surface area contributed by atoms with E-state index in [1.54, 1.807) is 24.3 Å². The molecule has 1 heterocycles. The van der Waals surface area contributed by atoms with Gasteiger partial charge in [-0.15, -0.1) is 0 Å². The number of Topliss-reactive ketones (excluding diaryl/α,β-unsaturated/α-hetero) is 1. The summed E-state index contributed by atoms with van der Waals surface area (Å²) in [6.07, 6.45) is 1.84. The number of primary amides is 1. The summed E-state index contributed by atoms with van der Waals surface area (Å²) in [5.41, 5.74) is 9.27. The molecule has 0 aliphatic rings. The number of aromatic nitrogens is 2. The first-order valence-corrected chi connectivity index (χ1v) is 7.38. The number of amides is 1. The van der Waals surface area contributed by atoms with Gasteiger partial charge in [0.05, 0.1) is 17.4 Å². The Morgan fingerprint density at radius 2 is 1.70 bits per heavy atom. The second-order valence-corrected chi connectivity index (χ2v) is 5.72. The summed E-state index contributed by atoms with van der Waals surface area (Å²) >= 11 is 0. The van der Waals surface area contributed by atoms with Gasteiger partial charge in [-0.3, -0.25) is 9.59 Å². The highest BCUT2D eigenvalue weighted by Gasteiger charge is 2.12. The van der Waals surface area contributed by atoms with Gasteiger partial charge >= 0.3 is 0 Å². The maximum atomic E-state index is 11.5. The Kier molecular flexibility index (Phi) is 3.70. The van der Waals surface area contributed by atoms with Gasteiger partial charge in [0.1, 0.15) is 0 Å². The topological polar surface area (TPSA) is 78.0 Å². The molecule has 116 valence electrons. The lowest BCUT2D eigenvalue weighted by Gasteiger charge is -2.08. The summed E-state index contributed by atoms with van der Waals surface area (Å²) in [6, 6.07) is 13.3. The average Bonchev–Trinajstić information content (AvgIpc) is 2.97. The first-order chi connectivity index (χ1) is 11.0. The van der Waals surface area contributed by atoms with E-state index < -0.39 is 11.7 Å². The minimum atomic E-state index is -0.946. The lowest BCUT2D eigenvalue weighted by Crippen LogP contribution is -2.22. The van der Waals surface area contributed by atoms with Gasteiger partial charge in [0, 0.05) is 11.6 Å². The number of carbonyl (C=O) groups excluding carboxylic acids is 2. The fourth-order valence-electron chi connectivity index (χ4n) is 2.58. The molecule has 0 aliphatic carbocycles. The SMILES string of the molecule is CC(C)n1cnc2cc(-c3ccc(C(=O)C(N)=O)cc3)ccc21. The summed E-state index contributed by atoms with van der Waals surface area (Å²) in [5, 5.41) is 0. The van der Waals surface area contributed by atoms with Gasteiger partial charge in [0.25, 0.3) is 5.91 Å². The van der Waals surface area contributed by atoms with E-state index >= 15 is 0 Å². The Bertz CT molecular complexity index is 892. The largest absolute Gasteiger partial charge is 0.363 e. The van der Waals surface area contributed by atoms with E-state index in [0.717, 1.165) is 22.2 Å². The molecule has 5 nitrogen and oxygen atoms in total. The van der Waals surface area contributed by atoms with Crippen molar-refractivity contribution >= 4 is 22.7 Å². The molecule has 0 saturated heterocycles. The number of hydrogen-bond donors (Lipinski definition) is 1. The predicted octanol–water partition coefficient (Wildman–Crippen LogP) is 2.95. The van der Waals surface area contributed by atoms with Crippen molar-refractivity contribution in [1.82, 2.24) is 9.55 Å². The second kappa shape index (κ2) is 5.68. The quantitative estimate of drug-likeness (QED) is 0.594. The fraction of sp³-hybridized carbons (Fsp3) is 0.167. The minimum absolute atomic E-state index is 0.298. The third kappa shape index (κ3) is 2.73. The standard InChI is InChI=1S/C18H17N3O2/c1-11(2)21-10-20-15-9-14(7-8-16(15)21)12-3-5-13(6-4-12)17(22)18(19)23/h3-11H,1-2H3,(H2,19,23). The molecule has 0 radical (unpaired) electrons. The smallest absolute Gasteiger partial charge is 0.289 e. The van der Waals surface area contributed by atoms with E-state index in [9.17, 15) is 9.59 Å². The highest BCUT2D eigenvalue weighted by atomic mass is 16.2. The van der Waals surface area contributed by atoms with Crippen molar-refractivity contribution in [1.29, 1.82) is 0 Å².